The molecule has 0 radical (unpaired) electrons. The van der Waals surface area contributed by atoms with Crippen molar-refractivity contribution in [1.82, 2.24) is 31.5 Å². The van der Waals surface area contributed by atoms with Crippen molar-refractivity contribution in [1.29, 1.82) is 0 Å². The quantitative estimate of drug-likeness (QED) is 0.0919. The summed E-state index contributed by atoms with van der Waals surface area (Å²) in [7, 11) is 0. The molecule has 0 aromatic carbocycles. The minimum atomic E-state index is -1.17. The number of ether oxygens (including phenoxy) is 1. The zero-order chi connectivity index (χ0) is 38.1. The van der Waals surface area contributed by atoms with Crippen LogP contribution in [-0.4, -0.2) is 90.9 Å². The SMILES string of the molecule is C#CCCC(NC(=O)[C@@H]1C2C(CN1C(=O)[C@@H](NC(=O)N[C@H](COC(=O)NCC)C1CCCCC1)C1(C)CCCCC1)C2(C)C)C(=O)C(=O)NCC=C. The largest absolute Gasteiger partial charge is 0.447 e. The number of nitrogens with zero attached hydrogens (tertiary/aromatic N) is 1. The second-order valence-electron chi connectivity index (χ2n) is 16.0. The number of urea groups is 1. The molecular formula is C39H60N6O7. The van der Waals surface area contributed by atoms with Gasteiger partial charge in [-0.1, -0.05) is 65.4 Å². The maximum Gasteiger partial charge on any atom is 0.407 e. The van der Waals surface area contributed by atoms with Crippen LogP contribution in [0.15, 0.2) is 12.7 Å². The Morgan fingerprint density at radius 3 is 2.27 bits per heavy atom. The van der Waals surface area contributed by atoms with Gasteiger partial charge in [0.25, 0.3) is 5.91 Å². The molecule has 0 spiro atoms. The summed E-state index contributed by atoms with van der Waals surface area (Å²) in [5.74, 6) is -0.0416. The highest BCUT2D eigenvalue weighted by Crippen LogP contribution is 2.65. The van der Waals surface area contributed by atoms with E-state index in [9.17, 15) is 28.8 Å². The number of likely N-dealkylation sites (tertiary alicyclic amines) is 1. The van der Waals surface area contributed by atoms with Crippen LogP contribution >= 0.6 is 0 Å². The number of carbonyl (C=O) groups is 6. The Labute approximate surface area is 308 Å². The first-order chi connectivity index (χ1) is 24.8. The average Bonchev–Trinajstić information content (AvgIpc) is 3.43. The van der Waals surface area contributed by atoms with Gasteiger partial charge in [-0.3, -0.25) is 19.2 Å². The number of hydrogen-bond acceptors (Lipinski definition) is 7. The van der Waals surface area contributed by atoms with Crippen LogP contribution in [0.2, 0.25) is 0 Å². The van der Waals surface area contributed by atoms with Crippen LogP contribution in [-0.2, 0) is 23.9 Å². The molecule has 13 heteroatoms. The standard InChI is InChI=1S/C39H60N6O7/c1-7-10-19-27(31(46)34(48)41-22-8-2)42-33(47)30-29-26(38(29,4)5)23-45(30)35(49)32(39(6)20-15-12-16-21-39)44-36(50)43-28(24-52-37(51)40-9-3)25-17-13-11-14-18-25/h1,8,25-30,32H,2,9-24H2,3-6H3,(H,40,51)(H,41,48)(H,42,47)(H2,43,44,50)/t26?,27?,28-,29?,30+,32-/m1/s1. The van der Waals surface area contributed by atoms with Crippen LogP contribution in [0.3, 0.4) is 0 Å². The first-order valence-corrected chi connectivity index (χ1v) is 19.2. The molecule has 4 rings (SSSR count). The zero-order valence-electron chi connectivity index (χ0n) is 31.5. The van der Waals surface area contributed by atoms with Gasteiger partial charge in [0.15, 0.2) is 0 Å². The molecule has 3 unspecified atom stereocenters. The molecule has 5 N–H and O–H groups in total. The van der Waals surface area contributed by atoms with Crippen molar-refractivity contribution >= 4 is 35.6 Å². The van der Waals surface area contributed by atoms with E-state index in [4.69, 9.17) is 11.2 Å². The highest BCUT2D eigenvalue weighted by atomic mass is 16.5. The lowest BCUT2D eigenvalue weighted by atomic mass is 9.70. The van der Waals surface area contributed by atoms with Crippen LogP contribution in [0.25, 0.3) is 0 Å². The Hall–Kier alpha value is -4.08. The first-order valence-electron chi connectivity index (χ1n) is 19.2. The van der Waals surface area contributed by atoms with Crippen LogP contribution in [0.5, 0.6) is 0 Å². The molecule has 1 saturated heterocycles. The highest BCUT2D eigenvalue weighted by molar-refractivity contribution is 6.38. The second kappa shape index (κ2) is 18.1. The third-order valence-corrected chi connectivity index (χ3v) is 12.1. The van der Waals surface area contributed by atoms with Crippen molar-refractivity contribution in [3.05, 3.63) is 12.7 Å². The molecule has 13 nitrogen and oxygen atoms in total. The second-order valence-corrected chi connectivity index (χ2v) is 16.0. The molecule has 0 bridgehead atoms. The Bertz CT molecular complexity index is 1380. The molecule has 1 heterocycles. The lowest BCUT2D eigenvalue weighted by molar-refractivity contribution is -0.146. The Morgan fingerprint density at radius 1 is 0.962 bits per heavy atom. The van der Waals surface area contributed by atoms with Crippen molar-refractivity contribution in [2.75, 3.05) is 26.2 Å². The van der Waals surface area contributed by atoms with Gasteiger partial charge in [-0.15, -0.1) is 18.9 Å². The Kier molecular flexibility index (Phi) is 14.2. The van der Waals surface area contributed by atoms with Gasteiger partial charge in [-0.05, 0) is 67.6 Å². The zero-order valence-corrected chi connectivity index (χ0v) is 31.5. The van der Waals surface area contributed by atoms with Crippen molar-refractivity contribution in [3.63, 3.8) is 0 Å². The van der Waals surface area contributed by atoms with E-state index >= 15 is 0 Å². The van der Waals surface area contributed by atoms with Gasteiger partial charge in [-0.2, -0.15) is 0 Å². The van der Waals surface area contributed by atoms with Crippen LogP contribution < -0.4 is 26.6 Å². The molecule has 4 aliphatic rings. The van der Waals surface area contributed by atoms with Gasteiger partial charge in [0.05, 0.1) is 12.1 Å². The van der Waals surface area contributed by atoms with Crippen LogP contribution in [0.1, 0.15) is 105 Å². The third-order valence-electron chi connectivity index (χ3n) is 12.1. The molecule has 0 aromatic heterocycles. The van der Waals surface area contributed by atoms with Gasteiger partial charge in [0.1, 0.15) is 18.7 Å². The van der Waals surface area contributed by atoms with Gasteiger partial charge in [0, 0.05) is 26.1 Å². The fourth-order valence-corrected chi connectivity index (χ4v) is 8.86. The summed E-state index contributed by atoms with van der Waals surface area (Å²) >= 11 is 0. The molecular weight excluding hydrogens is 664 g/mol. The van der Waals surface area contributed by atoms with Crippen molar-refractivity contribution < 1.29 is 33.5 Å². The summed E-state index contributed by atoms with van der Waals surface area (Å²) in [5, 5.41) is 14.0. The lowest BCUT2D eigenvalue weighted by Gasteiger charge is -2.43. The molecule has 0 aromatic rings. The number of terminal acetylenes is 1. The molecule has 6 atom stereocenters. The summed E-state index contributed by atoms with van der Waals surface area (Å²) in [4.78, 5) is 82.4. The van der Waals surface area contributed by atoms with E-state index in [1.54, 1.807) is 11.8 Å². The number of rotatable bonds is 16. The Balaban J connectivity index is 1.57. The number of hydrogen-bond donors (Lipinski definition) is 5. The van der Waals surface area contributed by atoms with E-state index in [0.717, 1.165) is 64.2 Å². The number of nitrogens with one attached hydrogen (secondary N) is 5. The normalized spacial score (nSPS) is 24.8. The number of amides is 6. The number of ketones is 1. The number of alkyl carbamates (subject to hydrolysis) is 1. The average molecular weight is 725 g/mol. The predicted molar refractivity (Wildman–Crippen MR) is 197 cm³/mol. The van der Waals surface area contributed by atoms with Gasteiger partial charge in [0.2, 0.25) is 17.6 Å². The monoisotopic (exact) mass is 724 g/mol. The van der Waals surface area contributed by atoms with Crippen molar-refractivity contribution in [3.8, 4) is 12.3 Å². The van der Waals surface area contributed by atoms with Gasteiger partial charge < -0.3 is 36.2 Å². The third kappa shape index (κ3) is 9.66. The van der Waals surface area contributed by atoms with E-state index in [0.29, 0.717) is 13.1 Å². The van der Waals surface area contributed by atoms with Crippen LogP contribution in [0.4, 0.5) is 9.59 Å². The summed E-state index contributed by atoms with van der Waals surface area (Å²) in [6.45, 7) is 12.4. The minimum absolute atomic E-state index is 0.0117. The summed E-state index contributed by atoms with van der Waals surface area (Å²) < 4.78 is 5.48. The van der Waals surface area contributed by atoms with Crippen molar-refractivity contribution in [2.45, 2.75) is 129 Å². The molecule has 1 aliphatic heterocycles. The summed E-state index contributed by atoms with van der Waals surface area (Å²) in [6.07, 6.45) is 15.9. The van der Waals surface area contributed by atoms with Gasteiger partial charge in [-0.25, -0.2) is 9.59 Å². The summed E-state index contributed by atoms with van der Waals surface area (Å²) in [5.41, 5.74) is -0.785. The van der Waals surface area contributed by atoms with Crippen molar-refractivity contribution in [2.24, 2.45) is 28.6 Å². The fraction of sp³-hybridized carbons (Fsp3) is 0.744. The smallest absolute Gasteiger partial charge is 0.407 e. The van der Waals surface area contributed by atoms with Crippen LogP contribution in [0, 0.1) is 40.9 Å². The van der Waals surface area contributed by atoms with E-state index in [1.165, 1.54) is 6.08 Å². The fourth-order valence-electron chi connectivity index (χ4n) is 8.86. The number of fused-ring (bicyclic) bond motifs is 1. The molecule has 4 fully saturated rings. The Morgan fingerprint density at radius 2 is 1.63 bits per heavy atom. The minimum Gasteiger partial charge on any atom is -0.447 e. The molecule has 6 amide bonds. The lowest BCUT2D eigenvalue weighted by Crippen LogP contribution is -2.63. The van der Waals surface area contributed by atoms with E-state index < -0.39 is 59.3 Å². The van der Waals surface area contributed by atoms with E-state index in [-0.39, 0.29) is 55.1 Å². The molecule has 3 aliphatic carbocycles. The number of Topliss-reactive ketones (excluding diaryl/α,β-unsaturated/α-hetero) is 1. The molecule has 3 saturated carbocycles. The maximum absolute atomic E-state index is 14.8. The van der Waals surface area contributed by atoms with E-state index in [2.05, 4.69) is 52.9 Å². The highest BCUT2D eigenvalue weighted by Gasteiger charge is 2.70. The van der Waals surface area contributed by atoms with Gasteiger partial charge >= 0.3 is 12.1 Å². The van der Waals surface area contributed by atoms with E-state index in [1.807, 2.05) is 6.92 Å². The predicted octanol–water partition coefficient (Wildman–Crippen LogP) is 3.57. The topological polar surface area (TPSA) is 175 Å². The summed E-state index contributed by atoms with van der Waals surface area (Å²) in [6, 6.07) is -3.94. The molecule has 288 valence electrons. The molecule has 52 heavy (non-hydrogen) atoms. The number of carbonyl (C=O) groups excluding carboxylic acids is 6. The maximum atomic E-state index is 14.8. The first kappa shape index (κ1) is 40.7. The number of piperidine rings is 1.